The molecule has 148 valence electrons. The lowest BCUT2D eigenvalue weighted by Gasteiger charge is -2.35. The molecule has 2 aromatic rings. The molecule has 3 aliphatic rings. The molecule has 1 aromatic carbocycles. The van der Waals surface area contributed by atoms with Gasteiger partial charge in [0.15, 0.2) is 5.13 Å². The summed E-state index contributed by atoms with van der Waals surface area (Å²) in [5.41, 5.74) is 1.52. The van der Waals surface area contributed by atoms with Crippen molar-refractivity contribution < 1.29 is 13.9 Å². The van der Waals surface area contributed by atoms with Crippen LogP contribution < -0.4 is 15.0 Å². The van der Waals surface area contributed by atoms with Gasteiger partial charge in [0.25, 0.3) is 5.91 Å². The molecule has 2 fully saturated rings. The number of nitrogens with one attached hydrogen (secondary N) is 1. The van der Waals surface area contributed by atoms with Gasteiger partial charge in [-0.3, -0.25) is 4.79 Å². The second-order valence-corrected chi connectivity index (χ2v) is 8.70. The largest absolute Gasteiger partial charge is 0.496 e. The number of methoxy groups -OCH3 is 1. The monoisotopic (exact) mass is 402 g/mol. The highest BCUT2D eigenvalue weighted by Crippen LogP contribution is 2.38. The average molecular weight is 402 g/mol. The fraction of sp³-hybridized carbons (Fsp3) is 0.500. The molecule has 1 N–H and O–H groups in total. The summed E-state index contributed by atoms with van der Waals surface area (Å²) >= 11 is 1.72. The van der Waals surface area contributed by atoms with Crippen molar-refractivity contribution in [1.82, 2.24) is 15.2 Å². The molecule has 0 aliphatic carbocycles. The SMILES string of the molecule is COc1cc(F)ccc1C(=O)N1CCc2nc(N3C4CCC3CNC4)sc2C1. The Morgan fingerprint density at radius 1 is 1.32 bits per heavy atom. The zero-order chi connectivity index (χ0) is 19.3. The summed E-state index contributed by atoms with van der Waals surface area (Å²) in [4.78, 5) is 23.4. The molecule has 0 spiro atoms. The van der Waals surface area contributed by atoms with Crippen LogP contribution in [0, 0.1) is 5.82 Å². The Labute approximate surface area is 167 Å². The Morgan fingerprint density at radius 2 is 2.11 bits per heavy atom. The van der Waals surface area contributed by atoms with Gasteiger partial charge in [-0.05, 0) is 25.0 Å². The van der Waals surface area contributed by atoms with E-state index in [1.807, 2.05) is 4.90 Å². The maximum absolute atomic E-state index is 13.5. The molecule has 5 rings (SSSR count). The molecular weight excluding hydrogens is 379 g/mol. The van der Waals surface area contributed by atoms with E-state index < -0.39 is 5.82 Å². The number of hydrogen-bond acceptors (Lipinski definition) is 6. The van der Waals surface area contributed by atoms with Crippen LogP contribution in [0.3, 0.4) is 0 Å². The summed E-state index contributed by atoms with van der Waals surface area (Å²) in [7, 11) is 1.46. The van der Waals surface area contributed by atoms with Gasteiger partial charge in [-0.2, -0.15) is 0 Å². The summed E-state index contributed by atoms with van der Waals surface area (Å²) < 4.78 is 18.7. The Balaban J connectivity index is 1.37. The zero-order valence-corrected chi connectivity index (χ0v) is 16.6. The predicted molar refractivity (Wildman–Crippen MR) is 106 cm³/mol. The molecule has 2 bridgehead atoms. The van der Waals surface area contributed by atoms with Crippen molar-refractivity contribution in [3.8, 4) is 5.75 Å². The molecule has 1 amide bonds. The first kappa shape index (κ1) is 17.9. The first-order chi connectivity index (χ1) is 13.6. The van der Waals surface area contributed by atoms with Gasteiger partial charge < -0.3 is 19.9 Å². The lowest BCUT2D eigenvalue weighted by atomic mass is 10.1. The third-order valence-corrected chi connectivity index (χ3v) is 7.10. The lowest BCUT2D eigenvalue weighted by molar-refractivity contribution is 0.0732. The van der Waals surface area contributed by atoms with Gasteiger partial charge in [0.2, 0.25) is 0 Å². The number of carbonyl (C=O) groups is 1. The number of thiazole rings is 1. The van der Waals surface area contributed by atoms with Gasteiger partial charge in [-0.15, -0.1) is 0 Å². The molecule has 4 heterocycles. The van der Waals surface area contributed by atoms with Crippen LogP contribution in [0.2, 0.25) is 0 Å². The highest BCUT2D eigenvalue weighted by atomic mass is 32.1. The van der Waals surface area contributed by atoms with Crippen LogP contribution in [0.15, 0.2) is 18.2 Å². The van der Waals surface area contributed by atoms with E-state index >= 15 is 0 Å². The van der Waals surface area contributed by atoms with Gasteiger partial charge in [0, 0.05) is 49.1 Å². The number of aromatic nitrogens is 1. The van der Waals surface area contributed by atoms with Gasteiger partial charge >= 0.3 is 0 Å². The Hall–Kier alpha value is -2.19. The molecule has 2 atom stereocenters. The smallest absolute Gasteiger partial charge is 0.257 e. The third kappa shape index (κ3) is 2.95. The molecule has 1 aromatic heterocycles. The van der Waals surface area contributed by atoms with E-state index in [9.17, 15) is 9.18 Å². The van der Waals surface area contributed by atoms with Crippen molar-refractivity contribution in [3.63, 3.8) is 0 Å². The van der Waals surface area contributed by atoms with Crippen LogP contribution in [0.4, 0.5) is 9.52 Å². The van der Waals surface area contributed by atoms with Gasteiger partial charge in [-0.1, -0.05) is 11.3 Å². The number of piperazine rings is 1. The topological polar surface area (TPSA) is 57.7 Å². The van der Waals surface area contributed by atoms with E-state index in [1.165, 1.54) is 38.2 Å². The van der Waals surface area contributed by atoms with Gasteiger partial charge in [-0.25, -0.2) is 9.37 Å². The van der Waals surface area contributed by atoms with E-state index in [1.54, 1.807) is 11.3 Å². The molecule has 0 saturated carbocycles. The number of nitrogens with zero attached hydrogens (tertiary/aromatic N) is 3. The molecule has 3 aliphatic heterocycles. The van der Waals surface area contributed by atoms with Crippen molar-refractivity contribution >= 4 is 22.4 Å². The number of rotatable bonds is 3. The Kier molecular flexibility index (Phi) is 4.47. The molecule has 28 heavy (non-hydrogen) atoms. The normalized spacial score (nSPS) is 23.6. The van der Waals surface area contributed by atoms with Gasteiger partial charge in [0.05, 0.1) is 24.9 Å². The van der Waals surface area contributed by atoms with E-state index in [2.05, 4.69) is 10.2 Å². The zero-order valence-electron chi connectivity index (χ0n) is 15.8. The molecule has 6 nitrogen and oxygen atoms in total. The van der Waals surface area contributed by atoms with Crippen LogP contribution in [0.5, 0.6) is 5.75 Å². The number of halogens is 1. The first-order valence-corrected chi connectivity index (χ1v) is 10.6. The maximum atomic E-state index is 13.5. The minimum atomic E-state index is -0.410. The fourth-order valence-corrected chi connectivity index (χ4v) is 5.83. The van der Waals surface area contributed by atoms with Crippen molar-refractivity contribution in [2.75, 3.05) is 31.6 Å². The van der Waals surface area contributed by atoms with Crippen LogP contribution in [0.1, 0.15) is 33.8 Å². The summed E-state index contributed by atoms with van der Waals surface area (Å²) in [6, 6.07) is 5.13. The minimum Gasteiger partial charge on any atom is -0.496 e. The minimum absolute atomic E-state index is 0.125. The Morgan fingerprint density at radius 3 is 2.86 bits per heavy atom. The van der Waals surface area contributed by atoms with E-state index in [0.29, 0.717) is 30.7 Å². The van der Waals surface area contributed by atoms with E-state index in [-0.39, 0.29) is 11.7 Å². The number of carbonyl (C=O) groups excluding carboxylic acids is 1. The summed E-state index contributed by atoms with van der Waals surface area (Å²) in [5.74, 6) is -0.259. The summed E-state index contributed by atoms with van der Waals surface area (Å²) in [6.45, 7) is 3.21. The van der Waals surface area contributed by atoms with Gasteiger partial charge in [0.1, 0.15) is 11.6 Å². The number of fused-ring (bicyclic) bond motifs is 3. The molecule has 8 heteroatoms. The van der Waals surface area contributed by atoms with Crippen LogP contribution in [-0.4, -0.2) is 54.6 Å². The number of hydrogen-bond donors (Lipinski definition) is 1. The average Bonchev–Trinajstić information content (AvgIpc) is 3.23. The first-order valence-electron chi connectivity index (χ1n) is 9.74. The molecule has 2 unspecified atom stereocenters. The van der Waals surface area contributed by atoms with Crippen LogP contribution in [-0.2, 0) is 13.0 Å². The summed E-state index contributed by atoms with van der Waals surface area (Å²) in [6.07, 6.45) is 3.19. The van der Waals surface area contributed by atoms with Crippen molar-refractivity contribution in [2.24, 2.45) is 0 Å². The number of amides is 1. The highest BCUT2D eigenvalue weighted by Gasteiger charge is 2.39. The molecular formula is C20H23FN4O2S. The molecule has 0 radical (unpaired) electrons. The Bertz CT molecular complexity index is 902. The maximum Gasteiger partial charge on any atom is 0.257 e. The quantitative estimate of drug-likeness (QED) is 0.855. The van der Waals surface area contributed by atoms with Crippen LogP contribution in [0.25, 0.3) is 0 Å². The van der Waals surface area contributed by atoms with Crippen molar-refractivity contribution in [2.45, 2.75) is 37.9 Å². The fourth-order valence-electron chi connectivity index (χ4n) is 4.57. The number of benzene rings is 1. The standard InChI is InChI=1S/C20H23FN4O2S/c1-27-17-8-12(21)2-5-15(17)19(26)24-7-6-16-18(11-24)28-20(23-16)25-13-3-4-14(25)10-22-9-13/h2,5,8,13-14,22H,3-4,6-7,9-11H2,1H3. The predicted octanol–water partition coefficient (Wildman–Crippen LogP) is 2.43. The van der Waals surface area contributed by atoms with E-state index in [4.69, 9.17) is 9.72 Å². The second-order valence-electron chi connectivity index (χ2n) is 7.64. The van der Waals surface area contributed by atoms with E-state index in [0.717, 1.165) is 35.2 Å². The number of anilines is 1. The van der Waals surface area contributed by atoms with Crippen LogP contribution >= 0.6 is 11.3 Å². The third-order valence-electron chi connectivity index (χ3n) is 6.00. The number of ether oxygens (including phenoxy) is 1. The van der Waals surface area contributed by atoms with Crippen molar-refractivity contribution in [1.29, 1.82) is 0 Å². The molecule has 2 saturated heterocycles. The lowest BCUT2D eigenvalue weighted by Crippen LogP contribution is -2.51. The van der Waals surface area contributed by atoms with Crippen molar-refractivity contribution in [3.05, 3.63) is 40.2 Å². The summed E-state index contributed by atoms with van der Waals surface area (Å²) in [5, 5.41) is 4.61. The highest BCUT2D eigenvalue weighted by molar-refractivity contribution is 7.15. The second kappa shape index (κ2) is 7.00.